The van der Waals surface area contributed by atoms with E-state index in [1.165, 1.54) is 46.6 Å². The largest absolute Gasteiger partial charge is 0.479 e. The number of aliphatic hydroxyl groups is 1. The van der Waals surface area contributed by atoms with Crippen LogP contribution in [0.15, 0.2) is 91.3 Å². The van der Waals surface area contributed by atoms with Gasteiger partial charge in [-0.25, -0.2) is 29.3 Å². The molecule has 7 heterocycles. The quantitative estimate of drug-likeness (QED) is 0.0121. The first-order chi connectivity index (χ1) is 50.0. The molecule has 3 fully saturated rings. The highest BCUT2D eigenvalue weighted by Gasteiger charge is 2.59. The molecule has 6 amide bonds. The van der Waals surface area contributed by atoms with E-state index in [-0.39, 0.29) is 116 Å². The number of aliphatic hydroxyl groups excluding tert-OH is 1. The van der Waals surface area contributed by atoms with E-state index in [0.717, 1.165) is 41.0 Å². The standard InChI is InChI=1S/C74H89N11O18S2/c1-6-73(45-85-46(2)52(38-77-85)50-19-21-58(80-64(50)68(94)95)83-29-25-48-14-10-15-51(53(48)39-83)65(91)81-69-79-54-16-11-26-76-66(54)104-69)42-72(5)40-71(3,4)41-74(43-72,44-73)101-33-30-82(31-34-105(97,98)99)70(96)100-32-12-13-47-18-20-56(102-63-37-49(86)36-57(103-63)67(92)93)55(35-47)78-60(88)24-27-75-59(87)17-8-7-9-28-84-61(89)22-23-62(84)90/h10-16,18-23,26,35,38,49,57,63,86H,6-9,17,24-25,27-34,36-37,39-45H2,1-5H3,(H,75,87)(H,78,88)(H,92,93)(H,94,95)(H,79,81,91)(H,97,98,99)/b13-12+/t49-,57-,63+,72?,73?,74?/m0/s1. The molecule has 5 aliphatic rings. The zero-order valence-corrected chi connectivity index (χ0v) is 61.0. The van der Waals surface area contributed by atoms with E-state index >= 15 is 0 Å². The van der Waals surface area contributed by atoms with Crippen LogP contribution in [0, 0.1) is 23.2 Å². The van der Waals surface area contributed by atoms with Gasteiger partial charge in [-0.15, -0.1) is 0 Å². The summed E-state index contributed by atoms with van der Waals surface area (Å²) in [5.74, 6) is -4.66. The predicted octanol–water partition coefficient (Wildman–Crippen LogP) is 9.23. The number of carboxylic acid groups (broad SMARTS) is 2. The van der Waals surface area contributed by atoms with E-state index in [2.05, 4.69) is 53.6 Å². The minimum atomic E-state index is -4.54. The van der Waals surface area contributed by atoms with Crippen LogP contribution in [0.25, 0.3) is 27.6 Å². The molecule has 7 N–H and O–H groups in total. The molecule has 2 aliphatic carbocycles. The van der Waals surface area contributed by atoms with Gasteiger partial charge in [0.05, 0.1) is 35.9 Å². The van der Waals surface area contributed by atoms with Gasteiger partial charge in [-0.2, -0.15) is 13.5 Å². The summed E-state index contributed by atoms with van der Waals surface area (Å²) < 4.78 is 60.5. The third-order valence-electron chi connectivity index (χ3n) is 20.1. The number of nitrogens with one attached hydrogen (secondary N) is 3. The van der Waals surface area contributed by atoms with E-state index < -0.39 is 70.5 Å². The highest BCUT2D eigenvalue weighted by Crippen LogP contribution is 2.64. The molecule has 560 valence electrons. The summed E-state index contributed by atoms with van der Waals surface area (Å²) >= 11 is 1.28. The molecule has 11 rings (SSSR count). The maximum atomic E-state index is 14.0. The Bertz CT molecular complexity index is 4430. The van der Waals surface area contributed by atoms with Gasteiger partial charge in [0.25, 0.3) is 27.8 Å². The molecule has 2 bridgehead atoms. The number of rotatable bonds is 31. The fourth-order valence-electron chi connectivity index (χ4n) is 16.1. The van der Waals surface area contributed by atoms with Crippen LogP contribution in [0.3, 0.4) is 0 Å². The van der Waals surface area contributed by atoms with Crippen LogP contribution >= 0.6 is 11.3 Å². The molecule has 2 aromatic carbocycles. The van der Waals surface area contributed by atoms with E-state index in [1.807, 2.05) is 40.8 Å². The van der Waals surface area contributed by atoms with Gasteiger partial charge in [0.2, 0.25) is 18.1 Å². The molecule has 31 heteroatoms. The molecular weight excluding hydrogens is 1400 g/mol. The normalized spacial score (nSPS) is 22.0. The minimum Gasteiger partial charge on any atom is -0.479 e. The van der Waals surface area contributed by atoms with Gasteiger partial charge in [-0.05, 0) is 146 Å². The topological polar surface area (TPSA) is 391 Å². The Balaban J connectivity index is 0.727. The number of aromatic carboxylic acids is 1. The average Bonchev–Trinajstić information content (AvgIpc) is 1.14. The number of unbranched alkanes of at least 4 members (excludes halogenated alkanes) is 2. The number of ether oxygens (including phenoxy) is 4. The molecule has 3 unspecified atom stereocenters. The number of carbonyl (C=O) groups is 8. The number of hydrogen-bond donors (Lipinski definition) is 7. The first-order valence-electron chi connectivity index (χ1n) is 35.3. The number of aromatic nitrogens is 5. The van der Waals surface area contributed by atoms with Crippen molar-refractivity contribution in [2.24, 2.45) is 16.2 Å². The lowest BCUT2D eigenvalue weighted by atomic mass is 9.47. The number of benzene rings is 2. The summed E-state index contributed by atoms with van der Waals surface area (Å²) in [6.07, 6.45) is 10.8. The van der Waals surface area contributed by atoms with E-state index in [9.17, 15) is 66.6 Å². The summed E-state index contributed by atoms with van der Waals surface area (Å²) in [7, 11) is -4.54. The highest BCUT2D eigenvalue weighted by molar-refractivity contribution is 7.85. The Labute approximate surface area is 611 Å². The van der Waals surface area contributed by atoms with Crippen molar-refractivity contribution in [1.29, 1.82) is 0 Å². The Kier molecular flexibility index (Phi) is 23.7. The maximum absolute atomic E-state index is 14.0. The van der Waals surface area contributed by atoms with Crippen molar-refractivity contribution in [3.63, 3.8) is 0 Å². The van der Waals surface area contributed by atoms with E-state index in [1.54, 1.807) is 42.7 Å². The van der Waals surface area contributed by atoms with Crippen molar-refractivity contribution < 1.29 is 85.6 Å². The molecule has 1 saturated heterocycles. The number of aliphatic carboxylic acids is 1. The fraction of sp³-hybridized carbons (Fsp3) is 0.486. The zero-order valence-electron chi connectivity index (χ0n) is 59.3. The Morgan fingerprint density at radius 2 is 1.68 bits per heavy atom. The van der Waals surface area contributed by atoms with Gasteiger partial charge in [-0.3, -0.25) is 43.4 Å². The van der Waals surface area contributed by atoms with E-state index in [0.29, 0.717) is 108 Å². The number of thiazole rings is 1. The summed E-state index contributed by atoms with van der Waals surface area (Å²) in [4.78, 5) is 121. The Morgan fingerprint density at radius 3 is 2.43 bits per heavy atom. The summed E-state index contributed by atoms with van der Waals surface area (Å²) in [5, 5.41) is 44.7. The SMILES string of the molecule is CCC1(Cn2ncc(-c3ccc(N4CCc5cccc(C(=O)Nc6nc7cccnc7s6)c5C4)nc3C(=O)O)c2C)CC2(C)CC(C)(C)CC(OCCN(CCS(=O)(=O)O)C(=O)OC/C=C/c3ccc(O[C@H]4C[C@@H](O)C[C@@H](C(=O)O)O4)c(NC(=O)CCNC(=O)CCCCCN4C(=O)C=CC4=O)c3)(C2)C1. The van der Waals surface area contributed by atoms with Gasteiger partial charge in [0.15, 0.2) is 16.9 Å². The van der Waals surface area contributed by atoms with Crippen LogP contribution in [0.2, 0.25) is 0 Å². The van der Waals surface area contributed by atoms with Crippen molar-refractivity contribution in [3.8, 4) is 16.9 Å². The second-order valence-electron chi connectivity index (χ2n) is 29.1. The molecule has 4 aromatic heterocycles. The third kappa shape index (κ3) is 19.3. The number of pyridine rings is 2. The fourth-order valence-corrected chi connectivity index (χ4v) is 17.3. The summed E-state index contributed by atoms with van der Waals surface area (Å²) in [6, 6.07) is 17.4. The Morgan fingerprint density at radius 1 is 0.876 bits per heavy atom. The van der Waals surface area contributed by atoms with Crippen molar-refractivity contribution in [3.05, 3.63) is 125 Å². The van der Waals surface area contributed by atoms with Crippen LogP contribution in [0.1, 0.15) is 154 Å². The maximum Gasteiger partial charge on any atom is 0.410 e. The number of imide groups is 1. The second-order valence-corrected chi connectivity index (χ2v) is 31.6. The van der Waals surface area contributed by atoms with Crippen molar-refractivity contribution in [1.82, 2.24) is 39.8 Å². The van der Waals surface area contributed by atoms with Crippen LogP contribution in [0.4, 0.5) is 21.4 Å². The first kappa shape index (κ1) is 76.6. The van der Waals surface area contributed by atoms with Crippen LogP contribution in [0.5, 0.6) is 5.75 Å². The second kappa shape index (κ2) is 32.5. The zero-order chi connectivity index (χ0) is 75.0. The number of carbonyl (C=O) groups excluding carboxylic acids is 6. The molecule has 3 aliphatic heterocycles. The lowest BCUT2D eigenvalue weighted by Gasteiger charge is -2.62. The molecule has 105 heavy (non-hydrogen) atoms. The summed E-state index contributed by atoms with van der Waals surface area (Å²) in [6.45, 7) is 11.5. The lowest BCUT2D eigenvalue weighted by molar-refractivity contribution is -0.198. The van der Waals surface area contributed by atoms with Crippen LogP contribution in [-0.2, 0) is 67.8 Å². The predicted molar refractivity (Wildman–Crippen MR) is 388 cm³/mol. The number of anilines is 3. The molecule has 2 saturated carbocycles. The van der Waals surface area contributed by atoms with Crippen molar-refractivity contribution in [2.45, 2.75) is 162 Å². The molecule has 6 atom stereocenters. The molecule has 29 nitrogen and oxygen atoms in total. The molecule has 0 radical (unpaired) electrons. The van der Waals surface area contributed by atoms with E-state index in [4.69, 9.17) is 29.0 Å². The van der Waals surface area contributed by atoms with Crippen molar-refractivity contribution >= 4 is 102 Å². The van der Waals surface area contributed by atoms with Gasteiger partial charge in [0, 0.05) is 112 Å². The number of amides is 6. The lowest BCUT2D eigenvalue weighted by Crippen LogP contribution is -2.58. The van der Waals surface area contributed by atoms with Crippen LogP contribution < -0.4 is 25.6 Å². The number of carboxylic acids is 2. The monoisotopic (exact) mass is 1480 g/mol. The van der Waals surface area contributed by atoms with Gasteiger partial charge >= 0.3 is 18.0 Å². The highest BCUT2D eigenvalue weighted by atomic mass is 32.2. The smallest absolute Gasteiger partial charge is 0.410 e. The number of hydrogen-bond acceptors (Lipinski definition) is 21. The number of fused-ring (bicyclic) bond motifs is 4. The minimum absolute atomic E-state index is 0.0118. The van der Waals surface area contributed by atoms with Crippen molar-refractivity contribution in [2.75, 3.05) is 67.2 Å². The first-order valence-corrected chi connectivity index (χ1v) is 37.7. The van der Waals surface area contributed by atoms with Crippen LogP contribution in [-0.4, -0.2) is 186 Å². The number of nitrogens with zero attached hydrogens (tertiary/aromatic N) is 8. The molecular formula is C74H89N11O18S2. The van der Waals surface area contributed by atoms with Gasteiger partial charge in [0.1, 0.15) is 28.5 Å². The average molecular weight is 1480 g/mol. The van der Waals surface area contributed by atoms with Gasteiger partial charge < -0.3 is 54.7 Å². The summed E-state index contributed by atoms with van der Waals surface area (Å²) in [5.41, 5.74) is 3.76. The Hall–Kier alpha value is -9.53. The third-order valence-corrected chi connectivity index (χ3v) is 21.7. The molecule has 0 spiro atoms. The molecule has 6 aromatic rings. The van der Waals surface area contributed by atoms with Gasteiger partial charge in [-0.1, -0.05) is 69.7 Å².